The number of nitrogens with one attached hydrogen (secondary N) is 1. The average Bonchev–Trinajstić information content (AvgIpc) is 3.12. The van der Waals surface area contributed by atoms with Crippen LogP contribution in [-0.4, -0.2) is 55.0 Å². The quantitative estimate of drug-likeness (QED) is 0.570. The van der Waals surface area contributed by atoms with Gasteiger partial charge >= 0.3 is 0 Å². The SMILES string of the molecule is CN(C)C(=O)c1ccc(-c2cc(-c3[nH]nc4ncncc34)cnc2N)nc1. The minimum Gasteiger partial charge on any atom is -0.383 e. The van der Waals surface area contributed by atoms with Crippen LogP contribution in [-0.2, 0) is 0 Å². The number of fused-ring (bicyclic) bond motifs is 1. The van der Waals surface area contributed by atoms with Crippen LogP contribution >= 0.6 is 0 Å². The van der Waals surface area contributed by atoms with Crippen LogP contribution in [0.1, 0.15) is 10.4 Å². The van der Waals surface area contributed by atoms with E-state index in [9.17, 15) is 4.79 Å². The zero-order valence-corrected chi connectivity index (χ0v) is 14.7. The number of anilines is 1. The molecule has 0 saturated heterocycles. The lowest BCUT2D eigenvalue weighted by Gasteiger charge is -2.11. The van der Waals surface area contributed by atoms with Gasteiger partial charge in [0.2, 0.25) is 0 Å². The third kappa shape index (κ3) is 2.95. The summed E-state index contributed by atoms with van der Waals surface area (Å²) in [5.74, 6) is 0.232. The molecule has 4 aromatic heterocycles. The van der Waals surface area contributed by atoms with Gasteiger partial charge in [-0.05, 0) is 18.2 Å². The number of pyridine rings is 2. The van der Waals surface area contributed by atoms with Gasteiger partial charge in [-0.3, -0.25) is 14.9 Å². The maximum absolute atomic E-state index is 12.0. The van der Waals surface area contributed by atoms with Gasteiger partial charge in [-0.15, -0.1) is 0 Å². The topological polar surface area (TPSA) is 127 Å². The number of hydrogen-bond donors (Lipinski definition) is 2. The number of nitrogens with zero attached hydrogens (tertiary/aromatic N) is 6. The van der Waals surface area contributed by atoms with Crippen molar-refractivity contribution >= 4 is 22.8 Å². The third-order valence-corrected chi connectivity index (χ3v) is 4.13. The van der Waals surface area contributed by atoms with Gasteiger partial charge in [-0.25, -0.2) is 15.0 Å². The average molecular weight is 360 g/mol. The number of aromatic nitrogens is 6. The Morgan fingerprint density at radius 3 is 2.70 bits per heavy atom. The second-order valence-corrected chi connectivity index (χ2v) is 6.15. The monoisotopic (exact) mass is 360 g/mol. The van der Waals surface area contributed by atoms with Crippen molar-refractivity contribution in [1.82, 2.24) is 35.0 Å². The molecule has 4 rings (SSSR count). The van der Waals surface area contributed by atoms with Gasteiger partial charge in [0.25, 0.3) is 5.91 Å². The molecule has 0 spiro atoms. The molecule has 0 aliphatic carbocycles. The first-order chi connectivity index (χ1) is 13.0. The van der Waals surface area contributed by atoms with E-state index in [1.54, 1.807) is 38.6 Å². The van der Waals surface area contributed by atoms with Gasteiger partial charge in [0.15, 0.2) is 5.65 Å². The number of aromatic amines is 1. The molecule has 0 aliphatic heterocycles. The van der Waals surface area contributed by atoms with E-state index in [-0.39, 0.29) is 5.91 Å². The summed E-state index contributed by atoms with van der Waals surface area (Å²) in [4.78, 5) is 30.3. The number of carbonyl (C=O) groups is 1. The summed E-state index contributed by atoms with van der Waals surface area (Å²) in [6.45, 7) is 0. The Balaban J connectivity index is 1.76. The molecule has 27 heavy (non-hydrogen) atoms. The van der Waals surface area contributed by atoms with Crippen molar-refractivity contribution in [1.29, 1.82) is 0 Å². The van der Waals surface area contributed by atoms with E-state index >= 15 is 0 Å². The number of hydrogen-bond acceptors (Lipinski definition) is 7. The van der Waals surface area contributed by atoms with Crippen LogP contribution < -0.4 is 5.73 Å². The highest BCUT2D eigenvalue weighted by molar-refractivity contribution is 5.94. The third-order valence-electron chi connectivity index (χ3n) is 4.13. The Morgan fingerprint density at radius 2 is 1.96 bits per heavy atom. The fraction of sp³-hybridized carbons (Fsp3) is 0.111. The van der Waals surface area contributed by atoms with E-state index in [1.807, 2.05) is 6.07 Å². The lowest BCUT2D eigenvalue weighted by atomic mass is 10.1. The molecule has 9 heteroatoms. The van der Waals surface area contributed by atoms with Gasteiger partial charge in [-0.2, -0.15) is 5.10 Å². The summed E-state index contributed by atoms with van der Waals surface area (Å²) >= 11 is 0. The zero-order chi connectivity index (χ0) is 19.0. The molecule has 0 atom stereocenters. The highest BCUT2D eigenvalue weighted by atomic mass is 16.2. The Labute approximate surface area is 154 Å². The van der Waals surface area contributed by atoms with E-state index in [2.05, 4.69) is 30.1 Å². The fourth-order valence-electron chi connectivity index (χ4n) is 2.73. The van der Waals surface area contributed by atoms with Crippen LogP contribution in [0.15, 0.2) is 43.1 Å². The first kappa shape index (κ1) is 16.6. The molecule has 3 N–H and O–H groups in total. The predicted molar refractivity (Wildman–Crippen MR) is 101 cm³/mol. The molecule has 0 aliphatic rings. The zero-order valence-electron chi connectivity index (χ0n) is 14.7. The molecule has 134 valence electrons. The Bertz CT molecular complexity index is 1130. The molecule has 0 aromatic carbocycles. The minimum absolute atomic E-state index is 0.113. The highest BCUT2D eigenvalue weighted by Gasteiger charge is 2.14. The minimum atomic E-state index is -0.113. The Morgan fingerprint density at radius 1 is 1.11 bits per heavy atom. The smallest absolute Gasteiger partial charge is 0.254 e. The molecule has 0 radical (unpaired) electrons. The van der Waals surface area contributed by atoms with Crippen molar-refractivity contribution in [2.75, 3.05) is 19.8 Å². The summed E-state index contributed by atoms with van der Waals surface area (Å²) < 4.78 is 0. The molecule has 1 amide bonds. The Kier molecular flexibility index (Phi) is 3.96. The first-order valence-electron chi connectivity index (χ1n) is 8.12. The van der Waals surface area contributed by atoms with E-state index in [0.29, 0.717) is 28.3 Å². The molecule has 0 bridgehead atoms. The van der Waals surface area contributed by atoms with Crippen molar-refractivity contribution in [2.24, 2.45) is 0 Å². The predicted octanol–water partition coefficient (Wildman–Crippen LogP) is 1.76. The Hall–Kier alpha value is -3.88. The van der Waals surface area contributed by atoms with E-state index in [1.165, 1.54) is 17.4 Å². The first-order valence-corrected chi connectivity index (χ1v) is 8.12. The maximum atomic E-state index is 12.0. The molecular weight excluding hydrogens is 344 g/mol. The van der Waals surface area contributed by atoms with Crippen LogP contribution in [0.4, 0.5) is 5.82 Å². The molecule has 9 nitrogen and oxygen atoms in total. The summed E-state index contributed by atoms with van der Waals surface area (Å²) in [6.07, 6.45) is 6.32. The van der Waals surface area contributed by atoms with Crippen molar-refractivity contribution in [3.8, 4) is 22.5 Å². The molecule has 4 heterocycles. The van der Waals surface area contributed by atoms with Crippen LogP contribution in [0, 0.1) is 0 Å². The van der Waals surface area contributed by atoms with Crippen LogP contribution in [0.3, 0.4) is 0 Å². The largest absolute Gasteiger partial charge is 0.383 e. The molecular formula is C18H16N8O. The highest BCUT2D eigenvalue weighted by Crippen LogP contribution is 2.30. The van der Waals surface area contributed by atoms with Gasteiger partial charge in [0.1, 0.15) is 12.1 Å². The second kappa shape index (κ2) is 6.45. The standard InChI is InChI=1S/C18H16N8O/c1-26(2)18(27)10-3-4-14(21-6-10)12-5-11(7-22-16(12)19)15-13-8-20-9-23-17(13)25-24-15/h3-9H,1-2H3,(H2,19,22)(H,20,23,24,25). The summed E-state index contributed by atoms with van der Waals surface area (Å²) in [6, 6.07) is 5.34. The van der Waals surface area contributed by atoms with E-state index in [4.69, 9.17) is 5.73 Å². The molecule has 0 saturated carbocycles. The number of H-pyrrole nitrogens is 1. The molecule has 0 fully saturated rings. The van der Waals surface area contributed by atoms with Crippen LogP contribution in [0.25, 0.3) is 33.5 Å². The summed E-state index contributed by atoms with van der Waals surface area (Å²) in [7, 11) is 3.39. The maximum Gasteiger partial charge on any atom is 0.254 e. The van der Waals surface area contributed by atoms with Crippen molar-refractivity contribution < 1.29 is 4.79 Å². The van der Waals surface area contributed by atoms with Crippen molar-refractivity contribution in [3.63, 3.8) is 0 Å². The van der Waals surface area contributed by atoms with Crippen LogP contribution in [0.2, 0.25) is 0 Å². The summed E-state index contributed by atoms with van der Waals surface area (Å²) in [5, 5.41) is 7.92. The number of carbonyl (C=O) groups excluding carboxylic acids is 1. The second-order valence-electron chi connectivity index (χ2n) is 6.15. The van der Waals surface area contributed by atoms with Crippen molar-refractivity contribution in [3.05, 3.63) is 48.7 Å². The normalized spacial score (nSPS) is 10.9. The fourth-order valence-corrected chi connectivity index (χ4v) is 2.73. The number of rotatable bonds is 3. The lowest BCUT2D eigenvalue weighted by Crippen LogP contribution is -2.21. The molecule has 4 aromatic rings. The van der Waals surface area contributed by atoms with Gasteiger partial charge in [0, 0.05) is 43.8 Å². The number of amides is 1. The van der Waals surface area contributed by atoms with Gasteiger partial charge in [-0.1, -0.05) is 0 Å². The molecule has 0 unspecified atom stereocenters. The summed E-state index contributed by atoms with van der Waals surface area (Å²) in [5.41, 5.74) is 9.95. The van der Waals surface area contributed by atoms with Crippen molar-refractivity contribution in [2.45, 2.75) is 0 Å². The lowest BCUT2D eigenvalue weighted by molar-refractivity contribution is 0.0827. The van der Waals surface area contributed by atoms with Gasteiger partial charge in [0.05, 0.1) is 22.3 Å². The van der Waals surface area contributed by atoms with Gasteiger partial charge < -0.3 is 10.6 Å². The van der Waals surface area contributed by atoms with E-state index in [0.717, 1.165) is 16.6 Å². The van der Waals surface area contributed by atoms with E-state index < -0.39 is 0 Å². The van der Waals surface area contributed by atoms with Crippen LogP contribution in [0.5, 0.6) is 0 Å². The number of nitrogens with two attached hydrogens (primary N) is 1. The number of nitrogen functional groups attached to an aromatic ring is 1.